The molecule has 1 saturated heterocycles. The van der Waals surface area contributed by atoms with E-state index in [1.807, 2.05) is 20.9 Å². The highest BCUT2D eigenvalue weighted by atomic mass is 16.2. The Kier molecular flexibility index (Phi) is 7.67. The maximum absolute atomic E-state index is 12.3. The quantitative estimate of drug-likeness (QED) is 0.598. The number of nitrogens with one attached hydrogen (secondary N) is 2. The summed E-state index contributed by atoms with van der Waals surface area (Å²) in [5.41, 5.74) is 5.80. The van der Waals surface area contributed by atoms with E-state index in [0.29, 0.717) is 12.8 Å². The molecule has 0 radical (unpaired) electrons. The topological polar surface area (TPSA) is 87.5 Å². The zero-order valence-electron chi connectivity index (χ0n) is 13.5. The fraction of sp³-hybridized carbons (Fsp3) is 0.867. The number of carbonyl (C=O) groups is 2. The maximum atomic E-state index is 12.3. The molecule has 1 heterocycles. The molecular weight excluding hydrogens is 268 g/mol. The van der Waals surface area contributed by atoms with Crippen LogP contribution in [0.15, 0.2) is 0 Å². The van der Waals surface area contributed by atoms with Gasteiger partial charge < -0.3 is 21.3 Å². The molecule has 122 valence electrons. The molecule has 1 aliphatic heterocycles. The molecular formula is C15H30N4O2. The van der Waals surface area contributed by atoms with Gasteiger partial charge >= 0.3 is 0 Å². The molecule has 0 aliphatic carbocycles. The average Bonchev–Trinajstić information content (AvgIpc) is 2.83. The fourth-order valence-corrected chi connectivity index (χ4v) is 2.63. The van der Waals surface area contributed by atoms with Gasteiger partial charge in [-0.2, -0.15) is 0 Å². The zero-order chi connectivity index (χ0) is 15.8. The number of likely N-dealkylation sites (tertiary alicyclic amines) is 1. The molecule has 0 aromatic heterocycles. The van der Waals surface area contributed by atoms with E-state index < -0.39 is 12.1 Å². The van der Waals surface area contributed by atoms with Crippen molar-refractivity contribution >= 4 is 11.8 Å². The lowest BCUT2D eigenvalue weighted by Crippen LogP contribution is -2.53. The summed E-state index contributed by atoms with van der Waals surface area (Å²) in [6.45, 7) is 5.85. The minimum Gasteiger partial charge on any atom is -0.350 e. The van der Waals surface area contributed by atoms with Gasteiger partial charge in [0, 0.05) is 12.6 Å². The van der Waals surface area contributed by atoms with E-state index in [0.717, 1.165) is 32.4 Å². The number of carbonyl (C=O) groups excluding carboxylic acids is 2. The number of likely N-dealkylation sites (N-methyl/N-ethyl adjacent to an activating group) is 1. The van der Waals surface area contributed by atoms with Gasteiger partial charge in [0.2, 0.25) is 11.8 Å². The van der Waals surface area contributed by atoms with E-state index in [1.165, 1.54) is 0 Å². The first-order chi connectivity index (χ1) is 9.97. The molecule has 0 aromatic carbocycles. The Morgan fingerprint density at radius 1 is 1.24 bits per heavy atom. The van der Waals surface area contributed by atoms with Gasteiger partial charge in [-0.25, -0.2) is 0 Å². The number of hydrogen-bond donors (Lipinski definition) is 3. The summed E-state index contributed by atoms with van der Waals surface area (Å²) in [4.78, 5) is 26.5. The molecule has 1 unspecified atom stereocenters. The standard InChI is InChI=1S/C15H30N4O2/c1-4-6-12(16)14(20)18-13(7-5-2)15(21)17-11-8-9-19(3)10-11/h11-13H,4-10,16H2,1-3H3,(H,17,21)(H,18,20)/t11?,12-,13-/m0/s1. The maximum Gasteiger partial charge on any atom is 0.242 e. The first-order valence-corrected chi connectivity index (χ1v) is 8.02. The Morgan fingerprint density at radius 2 is 1.90 bits per heavy atom. The minimum absolute atomic E-state index is 0.0887. The predicted octanol–water partition coefficient (Wildman–Crippen LogP) is 0.219. The van der Waals surface area contributed by atoms with E-state index in [1.54, 1.807) is 0 Å². The molecule has 1 fully saturated rings. The fourth-order valence-electron chi connectivity index (χ4n) is 2.63. The molecule has 4 N–H and O–H groups in total. The van der Waals surface area contributed by atoms with E-state index in [4.69, 9.17) is 5.73 Å². The Morgan fingerprint density at radius 3 is 2.43 bits per heavy atom. The van der Waals surface area contributed by atoms with Gasteiger partial charge in [-0.1, -0.05) is 26.7 Å². The van der Waals surface area contributed by atoms with Crippen molar-refractivity contribution in [2.45, 2.75) is 64.1 Å². The van der Waals surface area contributed by atoms with Gasteiger partial charge in [0.15, 0.2) is 0 Å². The van der Waals surface area contributed by atoms with Crippen LogP contribution < -0.4 is 16.4 Å². The third-order valence-electron chi connectivity index (χ3n) is 3.88. The number of amides is 2. The SMILES string of the molecule is CCC[C@H](NC(=O)[C@@H](N)CCC)C(=O)NC1CCN(C)C1. The Labute approximate surface area is 127 Å². The summed E-state index contributed by atoms with van der Waals surface area (Å²) in [5.74, 6) is -0.316. The monoisotopic (exact) mass is 298 g/mol. The van der Waals surface area contributed by atoms with Gasteiger partial charge in [-0.3, -0.25) is 9.59 Å². The van der Waals surface area contributed by atoms with E-state index in [-0.39, 0.29) is 17.9 Å². The average molecular weight is 298 g/mol. The van der Waals surface area contributed by atoms with Gasteiger partial charge in [0.05, 0.1) is 6.04 Å². The third-order valence-corrected chi connectivity index (χ3v) is 3.88. The molecule has 21 heavy (non-hydrogen) atoms. The van der Waals surface area contributed by atoms with Crippen molar-refractivity contribution in [2.75, 3.05) is 20.1 Å². The van der Waals surface area contributed by atoms with Crippen molar-refractivity contribution in [2.24, 2.45) is 5.73 Å². The van der Waals surface area contributed by atoms with Crippen LogP contribution in [-0.4, -0.2) is 55.0 Å². The lowest BCUT2D eigenvalue weighted by atomic mass is 10.1. The minimum atomic E-state index is -0.528. The molecule has 3 atom stereocenters. The smallest absolute Gasteiger partial charge is 0.242 e. The molecule has 1 rings (SSSR count). The predicted molar refractivity (Wildman–Crippen MR) is 83.8 cm³/mol. The second-order valence-corrected chi connectivity index (χ2v) is 6.00. The zero-order valence-corrected chi connectivity index (χ0v) is 13.5. The molecule has 1 aliphatic rings. The Bertz CT molecular complexity index is 349. The Balaban J connectivity index is 2.51. The molecule has 0 bridgehead atoms. The van der Waals surface area contributed by atoms with Crippen LogP contribution in [-0.2, 0) is 9.59 Å². The Hall–Kier alpha value is -1.14. The summed E-state index contributed by atoms with van der Waals surface area (Å²) in [6, 6.07) is -0.820. The van der Waals surface area contributed by atoms with Crippen LogP contribution in [0.5, 0.6) is 0 Å². The van der Waals surface area contributed by atoms with Crippen LogP contribution in [0, 0.1) is 0 Å². The van der Waals surface area contributed by atoms with Gasteiger partial charge in [0.25, 0.3) is 0 Å². The normalized spacial score (nSPS) is 21.8. The second kappa shape index (κ2) is 9.00. The van der Waals surface area contributed by atoms with Crippen LogP contribution in [0.1, 0.15) is 46.0 Å². The highest BCUT2D eigenvalue weighted by Crippen LogP contribution is 2.07. The summed E-state index contributed by atoms with van der Waals surface area (Å²) >= 11 is 0. The molecule has 0 saturated carbocycles. The molecule has 6 nitrogen and oxygen atoms in total. The molecule has 0 aromatic rings. The van der Waals surface area contributed by atoms with Crippen molar-refractivity contribution in [3.63, 3.8) is 0 Å². The van der Waals surface area contributed by atoms with Crippen molar-refractivity contribution in [1.29, 1.82) is 0 Å². The van der Waals surface area contributed by atoms with Crippen LogP contribution >= 0.6 is 0 Å². The van der Waals surface area contributed by atoms with Crippen molar-refractivity contribution in [3.05, 3.63) is 0 Å². The third kappa shape index (κ3) is 6.01. The largest absolute Gasteiger partial charge is 0.350 e. The second-order valence-electron chi connectivity index (χ2n) is 6.00. The van der Waals surface area contributed by atoms with Crippen molar-refractivity contribution in [1.82, 2.24) is 15.5 Å². The lowest BCUT2D eigenvalue weighted by molar-refractivity contribution is -0.130. The summed E-state index contributed by atoms with van der Waals surface area (Å²) in [5, 5.41) is 5.83. The van der Waals surface area contributed by atoms with Gasteiger partial charge in [-0.15, -0.1) is 0 Å². The lowest BCUT2D eigenvalue weighted by Gasteiger charge is -2.22. The number of hydrogen-bond acceptors (Lipinski definition) is 4. The first kappa shape index (κ1) is 17.9. The number of nitrogens with two attached hydrogens (primary N) is 1. The number of nitrogens with zero attached hydrogens (tertiary/aromatic N) is 1. The van der Waals surface area contributed by atoms with Crippen LogP contribution in [0.2, 0.25) is 0 Å². The van der Waals surface area contributed by atoms with Crippen molar-refractivity contribution in [3.8, 4) is 0 Å². The van der Waals surface area contributed by atoms with E-state index in [2.05, 4.69) is 15.5 Å². The molecule has 6 heteroatoms. The van der Waals surface area contributed by atoms with Gasteiger partial charge in [0.1, 0.15) is 6.04 Å². The summed E-state index contributed by atoms with van der Waals surface area (Å²) < 4.78 is 0. The molecule has 0 spiro atoms. The highest BCUT2D eigenvalue weighted by molar-refractivity contribution is 5.89. The number of rotatable bonds is 8. The van der Waals surface area contributed by atoms with E-state index in [9.17, 15) is 9.59 Å². The highest BCUT2D eigenvalue weighted by Gasteiger charge is 2.27. The van der Waals surface area contributed by atoms with E-state index >= 15 is 0 Å². The van der Waals surface area contributed by atoms with Crippen LogP contribution in [0.3, 0.4) is 0 Å². The summed E-state index contributed by atoms with van der Waals surface area (Å²) in [6.07, 6.45) is 3.93. The first-order valence-electron chi connectivity index (χ1n) is 8.02. The van der Waals surface area contributed by atoms with Crippen LogP contribution in [0.4, 0.5) is 0 Å². The summed E-state index contributed by atoms with van der Waals surface area (Å²) in [7, 11) is 2.04. The van der Waals surface area contributed by atoms with Gasteiger partial charge in [-0.05, 0) is 32.9 Å². The van der Waals surface area contributed by atoms with Crippen molar-refractivity contribution < 1.29 is 9.59 Å². The van der Waals surface area contributed by atoms with Crippen LogP contribution in [0.25, 0.3) is 0 Å². The molecule has 2 amide bonds.